The first-order chi connectivity index (χ1) is 11.9. The number of hydrogen-bond donors (Lipinski definition) is 0. The normalized spacial score (nSPS) is 11.5. The maximum atomic E-state index is 12.7. The zero-order valence-corrected chi connectivity index (χ0v) is 13.8. The van der Waals surface area contributed by atoms with Crippen LogP contribution in [0.2, 0.25) is 0 Å². The Balaban J connectivity index is 0.000000213. The Morgan fingerprint density at radius 1 is 1.16 bits per heavy atom. The molecule has 0 unspecified atom stereocenters. The van der Waals surface area contributed by atoms with E-state index in [-0.39, 0.29) is 5.82 Å². The Hall–Kier alpha value is -3.15. The summed E-state index contributed by atoms with van der Waals surface area (Å²) in [7, 11) is 0. The highest BCUT2D eigenvalue weighted by molar-refractivity contribution is 5.89. The van der Waals surface area contributed by atoms with E-state index >= 15 is 0 Å². The van der Waals surface area contributed by atoms with Gasteiger partial charge in [-0.25, -0.2) is 14.2 Å². The summed E-state index contributed by atoms with van der Waals surface area (Å²) in [5.74, 6) is 1.07. The standard InChI is InChI=1S/C13H13FN2O2.C6H4O/c1-13(2,16-8-7-15-9-16)18-12(17)10-3-5-11(14)6-4-10;1-2-5-4-6(3-1)7-5/h3-9H,1-2H3;1-4H. The maximum Gasteiger partial charge on any atom is 0.340 e. The van der Waals surface area contributed by atoms with Crippen molar-refractivity contribution in [2.75, 3.05) is 0 Å². The molecular formula is C19H17FN2O3. The van der Waals surface area contributed by atoms with Gasteiger partial charge in [0, 0.05) is 18.5 Å². The predicted molar refractivity (Wildman–Crippen MR) is 89.9 cm³/mol. The second-order valence-corrected chi connectivity index (χ2v) is 5.89. The molecule has 0 radical (unpaired) electrons. The number of rotatable bonds is 3. The van der Waals surface area contributed by atoms with Crippen LogP contribution >= 0.6 is 0 Å². The lowest BCUT2D eigenvalue weighted by atomic mass is 10.2. The average molecular weight is 340 g/mol. The minimum Gasteiger partial charge on any atom is -0.457 e. The quantitative estimate of drug-likeness (QED) is 0.520. The van der Waals surface area contributed by atoms with Crippen molar-refractivity contribution in [3.05, 3.63) is 78.6 Å². The molecule has 2 bridgehead atoms. The third-order valence-electron chi connectivity index (χ3n) is 3.59. The van der Waals surface area contributed by atoms with E-state index in [0.717, 1.165) is 11.5 Å². The first kappa shape index (κ1) is 16.7. The molecule has 0 atom stereocenters. The van der Waals surface area contributed by atoms with E-state index in [1.54, 1.807) is 37.1 Å². The third-order valence-corrected chi connectivity index (χ3v) is 3.59. The van der Waals surface area contributed by atoms with Crippen molar-refractivity contribution >= 4 is 5.97 Å². The van der Waals surface area contributed by atoms with Gasteiger partial charge in [0.1, 0.15) is 17.3 Å². The zero-order chi connectivity index (χ0) is 17.9. The highest BCUT2D eigenvalue weighted by Crippen LogP contribution is 2.32. The molecule has 25 heavy (non-hydrogen) atoms. The molecular weight excluding hydrogens is 323 g/mol. The predicted octanol–water partition coefficient (Wildman–Crippen LogP) is 4.36. The molecule has 6 heteroatoms. The lowest BCUT2D eigenvalue weighted by Gasteiger charge is -2.26. The maximum absolute atomic E-state index is 12.7. The van der Waals surface area contributed by atoms with Gasteiger partial charge < -0.3 is 9.47 Å². The molecule has 0 saturated carbocycles. The number of esters is 1. The van der Waals surface area contributed by atoms with Crippen LogP contribution in [0.1, 0.15) is 24.2 Å². The number of aromatic nitrogens is 2. The van der Waals surface area contributed by atoms with Gasteiger partial charge in [-0.3, -0.25) is 4.57 Å². The number of fused-ring (bicyclic) bond motifs is 2. The zero-order valence-electron chi connectivity index (χ0n) is 13.8. The number of carbonyl (C=O) groups is 1. The fourth-order valence-electron chi connectivity index (χ4n) is 2.18. The summed E-state index contributed by atoms with van der Waals surface area (Å²) in [6.45, 7) is 3.49. The summed E-state index contributed by atoms with van der Waals surface area (Å²) < 4.78 is 24.8. The molecule has 5 rings (SSSR count). The highest BCUT2D eigenvalue weighted by atomic mass is 19.1. The summed E-state index contributed by atoms with van der Waals surface area (Å²) >= 11 is 0. The van der Waals surface area contributed by atoms with Gasteiger partial charge in [0.05, 0.1) is 11.9 Å². The van der Waals surface area contributed by atoms with Gasteiger partial charge in [-0.05, 0) is 50.2 Å². The largest absolute Gasteiger partial charge is 0.457 e. The molecule has 0 spiro atoms. The van der Waals surface area contributed by atoms with Gasteiger partial charge in [-0.15, -0.1) is 0 Å². The van der Waals surface area contributed by atoms with Gasteiger partial charge in [0.2, 0.25) is 0 Å². The van der Waals surface area contributed by atoms with Crippen LogP contribution < -0.4 is 4.74 Å². The van der Waals surface area contributed by atoms with Crippen LogP contribution in [-0.4, -0.2) is 15.5 Å². The van der Waals surface area contributed by atoms with Crippen molar-refractivity contribution in [3.8, 4) is 11.5 Å². The molecule has 128 valence electrons. The fraction of sp³-hybridized carbons (Fsp3) is 0.158. The van der Waals surface area contributed by atoms with Gasteiger partial charge in [-0.1, -0.05) is 6.07 Å². The molecule has 3 heterocycles. The molecule has 5 nitrogen and oxygen atoms in total. The molecule has 1 aromatic heterocycles. The van der Waals surface area contributed by atoms with E-state index in [1.165, 1.54) is 24.3 Å². The Morgan fingerprint density at radius 3 is 2.24 bits per heavy atom. The molecule has 0 saturated heterocycles. The molecule has 0 aliphatic carbocycles. The van der Waals surface area contributed by atoms with Gasteiger partial charge >= 0.3 is 5.97 Å². The van der Waals surface area contributed by atoms with E-state index in [9.17, 15) is 9.18 Å². The summed E-state index contributed by atoms with van der Waals surface area (Å²) in [4.78, 5) is 15.8. The Bertz CT molecular complexity index is 834. The smallest absolute Gasteiger partial charge is 0.340 e. The first-order valence-electron chi connectivity index (χ1n) is 7.69. The molecule has 2 aliphatic heterocycles. The monoisotopic (exact) mass is 340 g/mol. The van der Waals surface area contributed by atoms with Crippen molar-refractivity contribution in [2.24, 2.45) is 0 Å². The Kier molecular flexibility index (Phi) is 4.52. The van der Waals surface area contributed by atoms with Crippen LogP contribution in [0.15, 0.2) is 67.3 Å². The van der Waals surface area contributed by atoms with Crippen LogP contribution in [0.4, 0.5) is 4.39 Å². The molecule has 3 aromatic rings. The Morgan fingerprint density at radius 2 is 1.80 bits per heavy atom. The van der Waals surface area contributed by atoms with Crippen molar-refractivity contribution in [1.29, 1.82) is 0 Å². The van der Waals surface area contributed by atoms with E-state index in [4.69, 9.17) is 9.47 Å². The minimum absolute atomic E-state index is 0.310. The number of ether oxygens (including phenoxy) is 2. The van der Waals surface area contributed by atoms with Crippen LogP contribution in [-0.2, 0) is 10.5 Å². The van der Waals surface area contributed by atoms with Crippen molar-refractivity contribution < 1.29 is 18.7 Å². The third kappa shape index (κ3) is 4.03. The average Bonchev–Trinajstić information content (AvgIpc) is 3.11. The summed E-state index contributed by atoms with van der Waals surface area (Å²) in [6, 6.07) is 13.1. The lowest BCUT2D eigenvalue weighted by molar-refractivity contribution is -0.0419. The molecule has 0 amide bonds. The van der Waals surface area contributed by atoms with Crippen LogP contribution in [0, 0.1) is 5.82 Å². The van der Waals surface area contributed by atoms with Crippen LogP contribution in [0.25, 0.3) is 0 Å². The van der Waals surface area contributed by atoms with Gasteiger partial charge in [0.25, 0.3) is 0 Å². The van der Waals surface area contributed by atoms with Gasteiger partial charge in [0.15, 0.2) is 5.72 Å². The number of nitrogens with zero attached hydrogens (tertiary/aromatic N) is 2. The van der Waals surface area contributed by atoms with Crippen molar-refractivity contribution in [2.45, 2.75) is 19.6 Å². The number of benzene rings is 2. The van der Waals surface area contributed by atoms with E-state index in [0.29, 0.717) is 5.56 Å². The summed E-state index contributed by atoms with van der Waals surface area (Å²) in [6.07, 6.45) is 4.88. The van der Waals surface area contributed by atoms with Gasteiger partial charge in [-0.2, -0.15) is 0 Å². The van der Waals surface area contributed by atoms with Crippen molar-refractivity contribution in [1.82, 2.24) is 9.55 Å². The minimum atomic E-state index is -0.845. The first-order valence-corrected chi connectivity index (χ1v) is 7.69. The van der Waals surface area contributed by atoms with Crippen LogP contribution in [0.5, 0.6) is 11.5 Å². The highest BCUT2D eigenvalue weighted by Gasteiger charge is 2.25. The topological polar surface area (TPSA) is 53.4 Å². The summed E-state index contributed by atoms with van der Waals surface area (Å²) in [5.41, 5.74) is -0.535. The lowest BCUT2D eigenvalue weighted by Crippen LogP contribution is -2.31. The fourth-order valence-corrected chi connectivity index (χ4v) is 2.18. The molecule has 0 N–H and O–H groups in total. The second-order valence-electron chi connectivity index (χ2n) is 5.89. The SMILES string of the molecule is CC(C)(OC(=O)c1ccc(F)cc1)n1ccnc1.c1cc2cc(c1)O2. The van der Waals surface area contributed by atoms with E-state index in [1.807, 2.05) is 24.3 Å². The summed E-state index contributed by atoms with van der Waals surface area (Å²) in [5, 5.41) is 0. The Labute approximate surface area is 144 Å². The number of hydrogen-bond acceptors (Lipinski definition) is 4. The van der Waals surface area contributed by atoms with Crippen LogP contribution in [0.3, 0.4) is 0 Å². The van der Waals surface area contributed by atoms with E-state index < -0.39 is 11.7 Å². The number of imidazole rings is 1. The molecule has 2 aliphatic rings. The van der Waals surface area contributed by atoms with Crippen molar-refractivity contribution in [3.63, 3.8) is 0 Å². The van der Waals surface area contributed by atoms with E-state index in [2.05, 4.69) is 4.98 Å². The molecule has 2 aromatic carbocycles. The second kappa shape index (κ2) is 6.76. The number of carbonyl (C=O) groups excluding carboxylic acids is 1. The number of halogens is 1. The molecule has 0 fully saturated rings.